The molecule has 0 aromatic rings. The largest absolute Gasteiger partial charge is 0.339 e. The number of hydrogen-bond acceptors (Lipinski definition) is 3. The summed E-state index contributed by atoms with van der Waals surface area (Å²) in [5.41, 5.74) is 0. The first-order chi connectivity index (χ1) is 6.48. The number of hydrogen-bond donors (Lipinski definition) is 3. The first-order valence-corrected chi connectivity index (χ1v) is 5.39. The Morgan fingerprint density at radius 1 is 1.14 bits per heavy atom. The Balaban J connectivity index is 3.52. The van der Waals surface area contributed by atoms with Gasteiger partial charge in [-0.3, -0.25) is 0 Å². The molecular formula is C10H19ClO3. The summed E-state index contributed by atoms with van der Waals surface area (Å²) < 4.78 is 0. The van der Waals surface area contributed by atoms with E-state index in [9.17, 15) is 0 Å². The van der Waals surface area contributed by atoms with E-state index in [-0.39, 0.29) is 5.03 Å². The second kappa shape index (κ2) is 7.23. The lowest BCUT2D eigenvalue weighted by Crippen LogP contribution is -2.27. The van der Waals surface area contributed by atoms with Gasteiger partial charge in [0.05, 0.1) is 0 Å². The summed E-state index contributed by atoms with van der Waals surface area (Å²) in [5.74, 6) is -2.87. The molecule has 0 spiro atoms. The monoisotopic (exact) mass is 222 g/mol. The van der Waals surface area contributed by atoms with Gasteiger partial charge < -0.3 is 15.3 Å². The summed E-state index contributed by atoms with van der Waals surface area (Å²) in [4.78, 5) is 0. The van der Waals surface area contributed by atoms with Crippen molar-refractivity contribution in [1.82, 2.24) is 0 Å². The molecule has 0 unspecified atom stereocenters. The second-order valence-corrected chi connectivity index (χ2v) is 3.80. The highest BCUT2D eigenvalue weighted by molar-refractivity contribution is 6.30. The molecule has 14 heavy (non-hydrogen) atoms. The highest BCUT2D eigenvalue weighted by Gasteiger charge is 2.22. The second-order valence-electron chi connectivity index (χ2n) is 3.39. The van der Waals surface area contributed by atoms with E-state index in [0.29, 0.717) is 6.42 Å². The number of allylic oxidation sites excluding steroid dienone is 1. The lowest BCUT2D eigenvalue weighted by atomic mass is 10.1. The highest BCUT2D eigenvalue weighted by atomic mass is 35.5. The van der Waals surface area contributed by atoms with Gasteiger partial charge >= 0.3 is 5.97 Å². The van der Waals surface area contributed by atoms with Crippen LogP contribution in [0, 0.1) is 0 Å². The van der Waals surface area contributed by atoms with Crippen molar-refractivity contribution in [3.8, 4) is 0 Å². The molecular weight excluding hydrogens is 204 g/mol. The third kappa shape index (κ3) is 7.33. The van der Waals surface area contributed by atoms with Crippen LogP contribution in [-0.2, 0) is 0 Å². The molecule has 0 saturated heterocycles. The molecule has 0 fully saturated rings. The Labute approximate surface area is 90.0 Å². The fraction of sp³-hybridized carbons (Fsp3) is 0.800. The molecule has 3 nitrogen and oxygen atoms in total. The van der Waals surface area contributed by atoms with Crippen LogP contribution in [0.3, 0.4) is 0 Å². The number of halogens is 1. The third-order valence-corrected chi connectivity index (χ3v) is 2.36. The van der Waals surface area contributed by atoms with Crippen molar-refractivity contribution < 1.29 is 15.3 Å². The zero-order valence-corrected chi connectivity index (χ0v) is 9.30. The van der Waals surface area contributed by atoms with E-state index in [1.54, 1.807) is 0 Å². The molecule has 0 heterocycles. The van der Waals surface area contributed by atoms with Crippen LogP contribution in [0.5, 0.6) is 0 Å². The summed E-state index contributed by atoms with van der Waals surface area (Å²) in [7, 11) is 0. The minimum Gasteiger partial charge on any atom is -0.339 e. The van der Waals surface area contributed by atoms with Crippen LogP contribution in [0.15, 0.2) is 11.1 Å². The molecule has 0 aliphatic heterocycles. The Kier molecular flexibility index (Phi) is 7.19. The zero-order chi connectivity index (χ0) is 11.0. The van der Waals surface area contributed by atoms with Gasteiger partial charge in [0.15, 0.2) is 0 Å². The van der Waals surface area contributed by atoms with Gasteiger partial charge in [-0.25, -0.2) is 0 Å². The molecule has 0 radical (unpaired) electrons. The van der Waals surface area contributed by atoms with E-state index in [1.807, 2.05) is 0 Å². The SMILES string of the molecule is CCCCCCCC=C(Cl)C(O)(O)O. The Morgan fingerprint density at radius 3 is 2.21 bits per heavy atom. The maximum Gasteiger partial charge on any atom is 0.315 e. The first kappa shape index (κ1) is 13.9. The predicted molar refractivity (Wildman–Crippen MR) is 56.7 cm³/mol. The van der Waals surface area contributed by atoms with Gasteiger partial charge in [-0.05, 0) is 12.8 Å². The van der Waals surface area contributed by atoms with Crippen LogP contribution in [0.1, 0.15) is 45.4 Å². The van der Waals surface area contributed by atoms with Gasteiger partial charge in [0.25, 0.3) is 0 Å². The molecule has 0 saturated carbocycles. The summed E-state index contributed by atoms with van der Waals surface area (Å²) >= 11 is 5.41. The Morgan fingerprint density at radius 2 is 1.71 bits per heavy atom. The first-order valence-electron chi connectivity index (χ1n) is 5.01. The van der Waals surface area contributed by atoms with Crippen LogP contribution in [0.25, 0.3) is 0 Å². The fourth-order valence-electron chi connectivity index (χ4n) is 1.11. The average molecular weight is 223 g/mol. The standard InChI is InChI=1S/C10H19ClO3/c1-2-3-4-5-6-7-8-9(11)10(12,13)14/h8,12-14H,2-7H2,1H3. The molecule has 0 aromatic heterocycles. The molecule has 4 heteroatoms. The normalized spacial score (nSPS) is 13.4. The van der Waals surface area contributed by atoms with Gasteiger partial charge in [0.1, 0.15) is 5.03 Å². The van der Waals surface area contributed by atoms with Crippen LogP contribution in [0.4, 0.5) is 0 Å². The van der Waals surface area contributed by atoms with Crippen LogP contribution in [-0.4, -0.2) is 21.3 Å². The lowest BCUT2D eigenvalue weighted by molar-refractivity contribution is -0.277. The topological polar surface area (TPSA) is 60.7 Å². The maximum atomic E-state index is 8.64. The molecule has 3 N–H and O–H groups in total. The summed E-state index contributed by atoms with van der Waals surface area (Å²) in [5, 5.41) is 25.6. The van der Waals surface area contributed by atoms with Crippen LogP contribution < -0.4 is 0 Å². The van der Waals surface area contributed by atoms with E-state index in [0.717, 1.165) is 12.8 Å². The van der Waals surface area contributed by atoms with E-state index in [4.69, 9.17) is 26.9 Å². The number of aliphatic hydroxyl groups is 3. The quantitative estimate of drug-likeness (QED) is 0.457. The van der Waals surface area contributed by atoms with Crippen LogP contribution in [0.2, 0.25) is 0 Å². The molecule has 0 rings (SSSR count). The maximum absolute atomic E-state index is 8.64. The van der Waals surface area contributed by atoms with Gasteiger partial charge in [-0.1, -0.05) is 50.3 Å². The summed E-state index contributed by atoms with van der Waals surface area (Å²) in [6.07, 6.45) is 7.76. The van der Waals surface area contributed by atoms with E-state index >= 15 is 0 Å². The van der Waals surface area contributed by atoms with Crippen LogP contribution >= 0.6 is 11.6 Å². The molecule has 0 bridgehead atoms. The molecule has 0 atom stereocenters. The number of unbranched alkanes of at least 4 members (excludes halogenated alkanes) is 5. The Bertz CT molecular complexity index is 173. The van der Waals surface area contributed by atoms with Crippen molar-refractivity contribution >= 4 is 11.6 Å². The van der Waals surface area contributed by atoms with E-state index in [2.05, 4.69) is 6.92 Å². The molecule has 0 aliphatic carbocycles. The molecule has 0 aliphatic rings. The van der Waals surface area contributed by atoms with Crippen molar-refractivity contribution in [2.45, 2.75) is 51.4 Å². The highest BCUT2D eigenvalue weighted by Crippen LogP contribution is 2.16. The van der Waals surface area contributed by atoms with Gasteiger partial charge in [-0.2, -0.15) is 0 Å². The van der Waals surface area contributed by atoms with Crippen molar-refractivity contribution in [3.05, 3.63) is 11.1 Å². The number of rotatable bonds is 7. The summed E-state index contributed by atoms with van der Waals surface area (Å²) in [6.45, 7) is 2.15. The Hall–Kier alpha value is -0.0900. The van der Waals surface area contributed by atoms with Crippen molar-refractivity contribution in [1.29, 1.82) is 0 Å². The summed E-state index contributed by atoms with van der Waals surface area (Å²) in [6, 6.07) is 0. The minimum atomic E-state index is -2.87. The van der Waals surface area contributed by atoms with Crippen molar-refractivity contribution in [2.24, 2.45) is 0 Å². The molecule has 0 aromatic carbocycles. The average Bonchev–Trinajstić information content (AvgIpc) is 2.09. The van der Waals surface area contributed by atoms with Gasteiger partial charge in [-0.15, -0.1) is 0 Å². The van der Waals surface area contributed by atoms with E-state index in [1.165, 1.54) is 25.3 Å². The molecule has 0 amide bonds. The van der Waals surface area contributed by atoms with Gasteiger partial charge in [0, 0.05) is 0 Å². The van der Waals surface area contributed by atoms with Crippen molar-refractivity contribution in [3.63, 3.8) is 0 Å². The van der Waals surface area contributed by atoms with E-state index < -0.39 is 5.97 Å². The predicted octanol–water partition coefficient (Wildman–Crippen LogP) is 2.10. The smallest absolute Gasteiger partial charge is 0.315 e. The third-order valence-electron chi connectivity index (χ3n) is 1.95. The van der Waals surface area contributed by atoms with Gasteiger partial charge in [0.2, 0.25) is 0 Å². The zero-order valence-electron chi connectivity index (χ0n) is 8.54. The van der Waals surface area contributed by atoms with Crippen molar-refractivity contribution in [2.75, 3.05) is 0 Å². The lowest BCUT2D eigenvalue weighted by Gasteiger charge is -2.12. The fourth-order valence-corrected chi connectivity index (χ4v) is 1.22. The molecule has 84 valence electrons. The minimum absolute atomic E-state index is 0.326.